The number of nitrogens with one attached hydrogen (secondary N) is 2. The fourth-order valence-electron chi connectivity index (χ4n) is 3.60. The van der Waals surface area contributed by atoms with Crippen LogP contribution in [0.3, 0.4) is 0 Å². The lowest BCUT2D eigenvalue weighted by atomic mass is 9.86. The number of carboxylic acids is 1. The quantitative estimate of drug-likeness (QED) is 0.669. The van der Waals surface area contributed by atoms with Crippen molar-refractivity contribution in [1.82, 2.24) is 15.6 Å². The summed E-state index contributed by atoms with van der Waals surface area (Å²) in [6.45, 7) is 5.75. The molecule has 1 amide bonds. The molecule has 134 valence electrons. The molecule has 1 fully saturated rings. The Morgan fingerprint density at radius 1 is 1.46 bits per heavy atom. The minimum atomic E-state index is -0.891. The van der Waals surface area contributed by atoms with Gasteiger partial charge in [0.1, 0.15) is 12.3 Å². The van der Waals surface area contributed by atoms with Crippen LogP contribution in [0.4, 0.5) is 0 Å². The third kappa shape index (κ3) is 4.35. The van der Waals surface area contributed by atoms with Crippen molar-refractivity contribution in [3.8, 4) is 0 Å². The Morgan fingerprint density at radius 2 is 2.17 bits per heavy atom. The normalized spacial score (nSPS) is 24.9. The van der Waals surface area contributed by atoms with E-state index in [0.717, 1.165) is 19.3 Å². The van der Waals surface area contributed by atoms with E-state index in [1.807, 2.05) is 0 Å². The molecule has 0 radical (unpaired) electrons. The molecule has 0 saturated carbocycles. The number of carbonyl (C=O) groups is 2. The third-order valence-electron chi connectivity index (χ3n) is 4.95. The first-order valence-electron chi connectivity index (χ1n) is 8.61. The number of amides is 1. The number of nitrogens with zero attached hydrogens (tertiary/aromatic N) is 1. The molecule has 24 heavy (non-hydrogen) atoms. The third-order valence-corrected chi connectivity index (χ3v) is 4.95. The molecule has 1 saturated heterocycles. The van der Waals surface area contributed by atoms with E-state index in [4.69, 9.17) is 4.42 Å². The summed E-state index contributed by atoms with van der Waals surface area (Å²) >= 11 is 0. The first kappa shape index (κ1) is 18.4. The predicted octanol–water partition coefficient (Wildman–Crippen LogP) is 1.90. The minimum Gasteiger partial charge on any atom is -0.480 e. The van der Waals surface area contributed by atoms with Gasteiger partial charge >= 0.3 is 5.97 Å². The average Bonchev–Trinajstić information content (AvgIpc) is 3.19. The fraction of sp³-hybridized carbons (Fsp3) is 0.706. The number of hydrogen-bond donors (Lipinski definition) is 3. The van der Waals surface area contributed by atoms with E-state index in [2.05, 4.69) is 29.5 Å². The van der Waals surface area contributed by atoms with Gasteiger partial charge in [-0.15, -0.1) is 0 Å². The Labute approximate surface area is 142 Å². The van der Waals surface area contributed by atoms with Crippen LogP contribution in [0.25, 0.3) is 0 Å². The summed E-state index contributed by atoms with van der Waals surface area (Å²) in [5.41, 5.74) is 0. The van der Waals surface area contributed by atoms with Crippen molar-refractivity contribution in [3.63, 3.8) is 0 Å². The molecule has 7 nitrogen and oxygen atoms in total. The van der Waals surface area contributed by atoms with Gasteiger partial charge in [-0.2, -0.15) is 0 Å². The summed E-state index contributed by atoms with van der Waals surface area (Å²) in [4.78, 5) is 27.3. The average molecular weight is 337 g/mol. The zero-order chi connectivity index (χ0) is 17.7. The lowest BCUT2D eigenvalue weighted by molar-refractivity contribution is -0.139. The van der Waals surface area contributed by atoms with Gasteiger partial charge in [0, 0.05) is 19.0 Å². The van der Waals surface area contributed by atoms with Gasteiger partial charge in [-0.1, -0.05) is 26.7 Å². The molecular formula is C17H27N3O4. The predicted molar refractivity (Wildman–Crippen MR) is 88.5 cm³/mol. The van der Waals surface area contributed by atoms with Crippen LogP contribution in [0.15, 0.2) is 16.9 Å². The maximum Gasteiger partial charge on any atom is 0.320 e. The van der Waals surface area contributed by atoms with E-state index in [0.29, 0.717) is 18.2 Å². The minimum absolute atomic E-state index is 0.113. The highest BCUT2D eigenvalue weighted by Gasteiger charge is 2.44. The first-order chi connectivity index (χ1) is 11.5. The molecular weight excluding hydrogens is 310 g/mol. The smallest absolute Gasteiger partial charge is 0.320 e. The first-order valence-corrected chi connectivity index (χ1v) is 8.61. The van der Waals surface area contributed by atoms with Crippen LogP contribution >= 0.6 is 0 Å². The molecule has 1 aromatic heterocycles. The van der Waals surface area contributed by atoms with E-state index < -0.39 is 12.0 Å². The Hall–Kier alpha value is -1.89. The van der Waals surface area contributed by atoms with Crippen molar-refractivity contribution < 1.29 is 19.1 Å². The summed E-state index contributed by atoms with van der Waals surface area (Å²) < 4.78 is 5.43. The van der Waals surface area contributed by atoms with Crippen molar-refractivity contribution in [2.75, 3.05) is 0 Å². The van der Waals surface area contributed by atoms with E-state index in [1.165, 1.54) is 13.2 Å². The van der Waals surface area contributed by atoms with Crippen molar-refractivity contribution in [2.24, 2.45) is 5.92 Å². The molecule has 7 heteroatoms. The second kappa shape index (κ2) is 8.28. The van der Waals surface area contributed by atoms with Gasteiger partial charge in [-0.05, 0) is 18.8 Å². The molecule has 0 aromatic carbocycles. The fourth-order valence-corrected chi connectivity index (χ4v) is 3.60. The highest BCUT2D eigenvalue weighted by Crippen LogP contribution is 2.34. The van der Waals surface area contributed by atoms with Crippen molar-refractivity contribution >= 4 is 11.9 Å². The standard InChI is InChI=1S/C17H27N3O4/c1-4-11(5-2)8-13(19-10(3)21)15-12(16-18-6-7-24-16)9-14(20-15)17(22)23/h6-7,11-15,20H,4-5,8-9H2,1-3H3,(H,19,21)(H,22,23)/t12?,13?,14-,15?/m0/s1. The van der Waals surface area contributed by atoms with Crippen LogP contribution in [-0.2, 0) is 9.59 Å². The van der Waals surface area contributed by atoms with Gasteiger partial charge < -0.3 is 14.8 Å². The number of hydrogen-bond acceptors (Lipinski definition) is 5. The number of oxazole rings is 1. The molecule has 3 N–H and O–H groups in total. The topological polar surface area (TPSA) is 104 Å². The summed E-state index contributed by atoms with van der Waals surface area (Å²) in [5, 5.41) is 15.6. The molecule has 2 rings (SSSR count). The summed E-state index contributed by atoms with van der Waals surface area (Å²) in [6, 6.07) is -1.03. The molecule has 1 aliphatic rings. The zero-order valence-electron chi connectivity index (χ0n) is 14.5. The summed E-state index contributed by atoms with van der Waals surface area (Å²) in [7, 11) is 0. The number of rotatable bonds is 8. The molecule has 1 aromatic rings. The second-order valence-corrected chi connectivity index (χ2v) is 6.52. The highest BCUT2D eigenvalue weighted by atomic mass is 16.4. The van der Waals surface area contributed by atoms with Crippen LogP contribution in [-0.4, -0.2) is 40.1 Å². The zero-order valence-corrected chi connectivity index (χ0v) is 14.5. The Bertz CT molecular complexity index is 542. The number of carbonyl (C=O) groups excluding carboxylic acids is 1. The summed E-state index contributed by atoms with van der Waals surface area (Å²) in [5.74, 6) is -0.183. The highest BCUT2D eigenvalue weighted by molar-refractivity contribution is 5.75. The van der Waals surface area contributed by atoms with E-state index >= 15 is 0 Å². The Kier molecular flexibility index (Phi) is 6.36. The molecule has 4 atom stereocenters. The SMILES string of the molecule is CCC(CC)CC(NC(C)=O)C1N[C@H](C(=O)O)CC1c1ncco1. The van der Waals surface area contributed by atoms with Gasteiger partial charge in [0.15, 0.2) is 5.89 Å². The lowest BCUT2D eigenvalue weighted by Gasteiger charge is -2.30. The van der Waals surface area contributed by atoms with Crippen LogP contribution in [0, 0.1) is 5.92 Å². The Balaban J connectivity index is 2.25. The molecule has 0 aliphatic carbocycles. The number of aromatic nitrogens is 1. The van der Waals surface area contributed by atoms with Crippen molar-refractivity contribution in [3.05, 3.63) is 18.4 Å². The van der Waals surface area contributed by atoms with Crippen LogP contribution < -0.4 is 10.6 Å². The number of aliphatic carboxylic acids is 1. The van der Waals surface area contributed by atoms with E-state index in [9.17, 15) is 14.7 Å². The van der Waals surface area contributed by atoms with Crippen LogP contribution in [0.1, 0.15) is 58.3 Å². The van der Waals surface area contributed by atoms with Crippen LogP contribution in [0.5, 0.6) is 0 Å². The molecule has 0 bridgehead atoms. The maximum atomic E-state index is 11.7. The molecule has 0 spiro atoms. The van der Waals surface area contributed by atoms with Gasteiger partial charge in [0.2, 0.25) is 5.91 Å². The van der Waals surface area contributed by atoms with E-state index in [1.54, 1.807) is 6.20 Å². The molecule has 3 unspecified atom stereocenters. The largest absolute Gasteiger partial charge is 0.480 e. The maximum absolute atomic E-state index is 11.7. The van der Waals surface area contributed by atoms with Gasteiger partial charge in [-0.25, -0.2) is 4.98 Å². The van der Waals surface area contributed by atoms with Gasteiger partial charge in [-0.3, -0.25) is 14.9 Å². The van der Waals surface area contributed by atoms with Gasteiger partial charge in [0.25, 0.3) is 0 Å². The summed E-state index contributed by atoms with van der Waals surface area (Å²) in [6.07, 6.45) is 6.30. The van der Waals surface area contributed by atoms with Gasteiger partial charge in [0.05, 0.1) is 12.1 Å². The monoisotopic (exact) mass is 337 g/mol. The lowest BCUT2D eigenvalue weighted by Crippen LogP contribution is -2.51. The van der Waals surface area contributed by atoms with Crippen LogP contribution in [0.2, 0.25) is 0 Å². The molecule has 1 aliphatic heterocycles. The number of carboxylic acid groups (broad SMARTS) is 1. The van der Waals surface area contributed by atoms with Crippen molar-refractivity contribution in [1.29, 1.82) is 0 Å². The van der Waals surface area contributed by atoms with E-state index in [-0.39, 0.29) is 23.9 Å². The molecule has 2 heterocycles. The van der Waals surface area contributed by atoms with Crippen molar-refractivity contribution in [2.45, 2.75) is 70.5 Å². The Morgan fingerprint density at radius 3 is 2.67 bits per heavy atom. The second-order valence-electron chi connectivity index (χ2n) is 6.52.